The quantitative estimate of drug-likeness (QED) is 0.678. The third-order valence-electron chi connectivity index (χ3n) is 3.97. The van der Waals surface area contributed by atoms with E-state index in [4.69, 9.17) is 14.5 Å². The number of aromatic nitrogens is 1. The van der Waals surface area contributed by atoms with Crippen LogP contribution in [0.2, 0.25) is 0 Å². The lowest BCUT2D eigenvalue weighted by Gasteiger charge is -2.14. The van der Waals surface area contributed by atoms with Gasteiger partial charge in [0.25, 0.3) is 0 Å². The number of aliphatic hydroxyl groups is 1. The molecule has 1 aromatic heterocycles. The zero-order chi connectivity index (χ0) is 18.7. The number of benzene rings is 2. The molecule has 26 heavy (non-hydrogen) atoms. The Labute approximate surface area is 158 Å². The van der Waals surface area contributed by atoms with Crippen LogP contribution in [0.1, 0.15) is 18.9 Å². The van der Waals surface area contributed by atoms with Crippen molar-refractivity contribution in [3.63, 3.8) is 0 Å². The van der Waals surface area contributed by atoms with Crippen molar-refractivity contribution >= 4 is 11.3 Å². The van der Waals surface area contributed by atoms with Crippen molar-refractivity contribution in [1.82, 2.24) is 4.98 Å². The van der Waals surface area contributed by atoms with Gasteiger partial charge in [-0.3, -0.25) is 0 Å². The molecule has 0 unspecified atom stereocenters. The van der Waals surface area contributed by atoms with E-state index in [9.17, 15) is 5.11 Å². The van der Waals surface area contributed by atoms with Crippen molar-refractivity contribution in [2.45, 2.75) is 25.9 Å². The van der Waals surface area contributed by atoms with Gasteiger partial charge in [0.2, 0.25) is 0 Å². The Morgan fingerprint density at radius 1 is 0.885 bits per heavy atom. The second-order valence-corrected chi connectivity index (χ2v) is 7.82. The fraction of sp³-hybridized carbons (Fsp3) is 0.286. The third kappa shape index (κ3) is 4.23. The molecule has 0 radical (unpaired) electrons. The smallest absolute Gasteiger partial charge is 0.118 e. The van der Waals surface area contributed by atoms with Crippen molar-refractivity contribution in [3.05, 3.63) is 53.5 Å². The van der Waals surface area contributed by atoms with Crippen LogP contribution in [0, 0.1) is 0 Å². The first kappa shape index (κ1) is 18.4. The van der Waals surface area contributed by atoms with Gasteiger partial charge in [0.05, 0.1) is 35.4 Å². The predicted molar refractivity (Wildman–Crippen MR) is 106 cm³/mol. The Balaban J connectivity index is 2.07. The lowest BCUT2D eigenvalue weighted by molar-refractivity contribution is 0.0809. The monoisotopic (exact) mass is 369 g/mol. The molecule has 4 nitrogen and oxygen atoms in total. The highest BCUT2D eigenvalue weighted by Gasteiger charge is 2.20. The maximum absolute atomic E-state index is 10.2. The van der Waals surface area contributed by atoms with E-state index in [-0.39, 0.29) is 0 Å². The van der Waals surface area contributed by atoms with Gasteiger partial charge in [0.15, 0.2) is 0 Å². The molecule has 0 spiro atoms. The maximum Gasteiger partial charge on any atom is 0.118 e. The van der Waals surface area contributed by atoms with E-state index in [0.29, 0.717) is 6.42 Å². The molecule has 2 aromatic carbocycles. The van der Waals surface area contributed by atoms with Gasteiger partial charge in [-0.1, -0.05) is 0 Å². The van der Waals surface area contributed by atoms with Crippen LogP contribution in [-0.2, 0) is 6.42 Å². The molecule has 3 rings (SSSR count). The third-order valence-corrected chi connectivity index (χ3v) is 5.08. The van der Waals surface area contributed by atoms with E-state index in [0.717, 1.165) is 38.2 Å². The van der Waals surface area contributed by atoms with Crippen molar-refractivity contribution in [3.8, 4) is 33.2 Å². The van der Waals surface area contributed by atoms with Gasteiger partial charge in [-0.15, -0.1) is 11.3 Å². The molecule has 0 bridgehead atoms. The minimum Gasteiger partial charge on any atom is -0.497 e. The van der Waals surface area contributed by atoms with E-state index < -0.39 is 5.60 Å². The molecule has 0 saturated carbocycles. The Kier molecular flexibility index (Phi) is 5.30. The number of thiazole rings is 1. The summed E-state index contributed by atoms with van der Waals surface area (Å²) in [5.74, 6) is 1.63. The van der Waals surface area contributed by atoms with Gasteiger partial charge in [-0.2, -0.15) is 0 Å². The van der Waals surface area contributed by atoms with Gasteiger partial charge in [0, 0.05) is 12.0 Å². The van der Waals surface area contributed by atoms with E-state index in [1.807, 2.05) is 48.5 Å². The SMILES string of the molecule is COc1ccc(-c2nc(CC(C)(C)O)sc2-c2ccc(OC)cc2)cc1. The van der Waals surface area contributed by atoms with Crippen LogP contribution in [0.25, 0.3) is 21.7 Å². The highest BCUT2D eigenvalue weighted by molar-refractivity contribution is 7.15. The highest BCUT2D eigenvalue weighted by Crippen LogP contribution is 2.38. The van der Waals surface area contributed by atoms with Gasteiger partial charge in [-0.05, 0) is 67.9 Å². The predicted octanol–water partition coefficient (Wildman–Crippen LogP) is 4.81. The summed E-state index contributed by atoms with van der Waals surface area (Å²) in [7, 11) is 3.31. The number of nitrogens with zero attached hydrogens (tertiary/aromatic N) is 1. The van der Waals surface area contributed by atoms with Crippen molar-refractivity contribution in [1.29, 1.82) is 0 Å². The Hall–Kier alpha value is -2.37. The first-order chi connectivity index (χ1) is 12.4. The summed E-state index contributed by atoms with van der Waals surface area (Å²) in [6.45, 7) is 3.60. The molecule has 136 valence electrons. The van der Waals surface area contributed by atoms with Crippen LogP contribution in [0.5, 0.6) is 11.5 Å². The van der Waals surface area contributed by atoms with E-state index in [1.165, 1.54) is 0 Å². The Morgan fingerprint density at radius 3 is 1.85 bits per heavy atom. The summed E-state index contributed by atoms with van der Waals surface area (Å²) in [4.78, 5) is 5.91. The zero-order valence-electron chi connectivity index (χ0n) is 15.4. The summed E-state index contributed by atoms with van der Waals surface area (Å²) in [5.41, 5.74) is 2.22. The van der Waals surface area contributed by atoms with Gasteiger partial charge < -0.3 is 14.6 Å². The summed E-state index contributed by atoms with van der Waals surface area (Å²) >= 11 is 1.61. The number of ether oxygens (including phenoxy) is 2. The van der Waals surface area contributed by atoms with E-state index in [2.05, 4.69) is 0 Å². The highest BCUT2D eigenvalue weighted by atomic mass is 32.1. The summed E-state index contributed by atoms with van der Waals surface area (Å²) < 4.78 is 10.5. The Bertz CT molecular complexity index is 797. The van der Waals surface area contributed by atoms with Gasteiger partial charge >= 0.3 is 0 Å². The first-order valence-corrected chi connectivity index (χ1v) is 9.22. The number of rotatable bonds is 6. The fourth-order valence-corrected chi connectivity index (χ4v) is 4.00. The van der Waals surface area contributed by atoms with Crippen LogP contribution in [-0.4, -0.2) is 29.9 Å². The minimum atomic E-state index is -0.799. The Morgan fingerprint density at radius 2 is 1.38 bits per heavy atom. The number of hydrogen-bond acceptors (Lipinski definition) is 5. The van der Waals surface area contributed by atoms with Gasteiger partial charge in [0.1, 0.15) is 11.5 Å². The minimum absolute atomic E-state index is 0.511. The molecule has 5 heteroatoms. The van der Waals surface area contributed by atoms with E-state index >= 15 is 0 Å². The number of hydrogen-bond donors (Lipinski definition) is 1. The average molecular weight is 369 g/mol. The van der Waals surface area contributed by atoms with Crippen molar-refractivity contribution in [2.75, 3.05) is 14.2 Å². The molecule has 3 aromatic rings. The summed E-state index contributed by atoms with van der Waals surface area (Å²) in [5, 5.41) is 11.1. The fourth-order valence-electron chi connectivity index (χ4n) is 2.69. The molecule has 0 saturated heterocycles. The molecule has 1 N–H and O–H groups in total. The molecule has 0 fully saturated rings. The average Bonchev–Trinajstić information content (AvgIpc) is 3.03. The lowest BCUT2D eigenvalue weighted by Crippen LogP contribution is -2.21. The van der Waals surface area contributed by atoms with Crippen molar-refractivity contribution in [2.24, 2.45) is 0 Å². The molecule has 0 aliphatic heterocycles. The van der Waals surface area contributed by atoms with Gasteiger partial charge in [-0.25, -0.2) is 4.98 Å². The largest absolute Gasteiger partial charge is 0.497 e. The zero-order valence-corrected chi connectivity index (χ0v) is 16.3. The maximum atomic E-state index is 10.2. The topological polar surface area (TPSA) is 51.6 Å². The molecule has 0 atom stereocenters. The van der Waals surface area contributed by atoms with Crippen molar-refractivity contribution < 1.29 is 14.6 Å². The van der Waals surface area contributed by atoms with Crippen LogP contribution in [0.15, 0.2) is 48.5 Å². The normalized spacial score (nSPS) is 11.4. The lowest BCUT2D eigenvalue weighted by atomic mass is 10.1. The second-order valence-electron chi connectivity index (χ2n) is 6.73. The first-order valence-electron chi connectivity index (χ1n) is 8.40. The summed E-state index contributed by atoms with van der Waals surface area (Å²) in [6, 6.07) is 15.8. The standard InChI is InChI=1S/C21H23NO3S/c1-21(2,23)13-18-22-19(14-5-9-16(24-3)10-6-14)20(26-18)15-7-11-17(25-4)12-8-15/h5-12,23H,13H2,1-4H3. The van der Waals surface area contributed by atoms with Crippen LogP contribution in [0.4, 0.5) is 0 Å². The van der Waals surface area contributed by atoms with Crippen LogP contribution >= 0.6 is 11.3 Å². The van der Waals surface area contributed by atoms with Crippen LogP contribution < -0.4 is 9.47 Å². The molecular weight excluding hydrogens is 346 g/mol. The molecular formula is C21H23NO3S. The number of methoxy groups -OCH3 is 2. The summed E-state index contributed by atoms with van der Waals surface area (Å²) in [6.07, 6.45) is 0.511. The van der Waals surface area contributed by atoms with E-state index in [1.54, 1.807) is 39.4 Å². The molecule has 0 amide bonds. The van der Waals surface area contributed by atoms with Crippen LogP contribution in [0.3, 0.4) is 0 Å². The molecule has 1 heterocycles. The second kappa shape index (κ2) is 7.48. The molecule has 0 aliphatic carbocycles. The molecule has 0 aliphatic rings.